The van der Waals surface area contributed by atoms with E-state index in [-0.39, 0.29) is 11.9 Å². The molecule has 1 aliphatic carbocycles. The first-order chi connectivity index (χ1) is 13.6. The topological polar surface area (TPSA) is 76.8 Å². The van der Waals surface area contributed by atoms with E-state index in [1.165, 1.54) is 0 Å². The number of benzene rings is 1. The van der Waals surface area contributed by atoms with Gasteiger partial charge in [-0.1, -0.05) is 6.07 Å². The Labute approximate surface area is 164 Å². The Balaban J connectivity index is 1.41. The number of carbonyl (C=O) groups excluding carboxylic acids is 1. The Morgan fingerprint density at radius 3 is 2.61 bits per heavy atom. The summed E-state index contributed by atoms with van der Waals surface area (Å²) in [6.07, 6.45) is 6.97. The summed E-state index contributed by atoms with van der Waals surface area (Å²) in [7, 11) is 3.19. The number of ether oxygens (including phenoxy) is 2. The summed E-state index contributed by atoms with van der Waals surface area (Å²) in [6, 6.07) is 5.64. The first-order valence-electron chi connectivity index (χ1n) is 9.73. The van der Waals surface area contributed by atoms with E-state index in [2.05, 4.69) is 4.98 Å². The van der Waals surface area contributed by atoms with Crippen LogP contribution in [0.25, 0.3) is 0 Å². The number of imidazole rings is 1. The summed E-state index contributed by atoms with van der Waals surface area (Å²) in [5.41, 5.74) is 0.911. The fourth-order valence-corrected chi connectivity index (χ4v) is 4.67. The van der Waals surface area contributed by atoms with E-state index in [1.807, 2.05) is 33.9 Å². The summed E-state index contributed by atoms with van der Waals surface area (Å²) in [5.74, 6) is 2.20. The lowest BCUT2D eigenvalue weighted by Gasteiger charge is -2.35. The molecule has 2 aromatic rings. The van der Waals surface area contributed by atoms with Crippen LogP contribution in [0.1, 0.15) is 24.4 Å². The molecule has 0 unspecified atom stereocenters. The average Bonchev–Trinajstić information content (AvgIpc) is 3.36. The molecule has 1 saturated carbocycles. The third kappa shape index (κ3) is 3.58. The molecule has 1 N–H and O–H groups in total. The summed E-state index contributed by atoms with van der Waals surface area (Å²) >= 11 is 0. The number of hydrogen-bond donors (Lipinski definition) is 1. The van der Waals surface area contributed by atoms with Gasteiger partial charge in [0.15, 0.2) is 11.5 Å². The van der Waals surface area contributed by atoms with Crippen molar-refractivity contribution in [3.8, 4) is 11.5 Å². The number of fused-ring (bicyclic) bond motifs is 1. The van der Waals surface area contributed by atoms with Gasteiger partial charge in [0.1, 0.15) is 0 Å². The lowest BCUT2D eigenvalue weighted by Crippen LogP contribution is -2.35. The van der Waals surface area contributed by atoms with Gasteiger partial charge >= 0.3 is 0 Å². The van der Waals surface area contributed by atoms with Crippen LogP contribution in [0.15, 0.2) is 36.9 Å². The van der Waals surface area contributed by atoms with Crippen LogP contribution in [0.4, 0.5) is 0 Å². The van der Waals surface area contributed by atoms with Crippen molar-refractivity contribution in [1.82, 2.24) is 14.5 Å². The van der Waals surface area contributed by atoms with Crippen LogP contribution in [-0.2, 0) is 11.2 Å². The number of carbonyl (C=O) groups is 1. The maximum Gasteiger partial charge on any atom is 0.227 e. The molecule has 4 rings (SSSR count). The van der Waals surface area contributed by atoms with Gasteiger partial charge in [0.2, 0.25) is 5.91 Å². The zero-order chi connectivity index (χ0) is 19.7. The van der Waals surface area contributed by atoms with Crippen LogP contribution < -0.4 is 9.47 Å². The SMILES string of the molecule is COc1ccc(CC(=O)N2C[C@H]3C[C@@H](n4ccnc4)[C@H](O)C[C@H]3C2)cc1OC. The van der Waals surface area contributed by atoms with Gasteiger partial charge in [-0.25, -0.2) is 4.98 Å². The lowest BCUT2D eigenvalue weighted by atomic mass is 9.77. The van der Waals surface area contributed by atoms with Crippen LogP contribution in [0.3, 0.4) is 0 Å². The van der Waals surface area contributed by atoms with Crippen LogP contribution in [-0.4, -0.2) is 58.9 Å². The molecule has 0 spiro atoms. The van der Waals surface area contributed by atoms with Gasteiger partial charge in [0.25, 0.3) is 0 Å². The van der Waals surface area contributed by atoms with Crippen molar-refractivity contribution in [2.45, 2.75) is 31.4 Å². The summed E-state index contributed by atoms with van der Waals surface area (Å²) < 4.78 is 12.6. The Bertz CT molecular complexity index is 823. The number of aromatic nitrogens is 2. The van der Waals surface area contributed by atoms with Crippen LogP contribution >= 0.6 is 0 Å². The second kappa shape index (κ2) is 7.83. The Hall–Kier alpha value is -2.54. The fourth-order valence-electron chi connectivity index (χ4n) is 4.67. The van der Waals surface area contributed by atoms with Gasteiger partial charge in [0.05, 0.1) is 39.1 Å². The van der Waals surface area contributed by atoms with Gasteiger partial charge in [-0.2, -0.15) is 0 Å². The van der Waals surface area contributed by atoms with Gasteiger partial charge in [-0.15, -0.1) is 0 Å². The molecule has 7 nitrogen and oxygen atoms in total. The van der Waals surface area contributed by atoms with Crippen LogP contribution in [0.5, 0.6) is 11.5 Å². The van der Waals surface area contributed by atoms with Gasteiger partial charge in [0, 0.05) is 25.5 Å². The summed E-state index contributed by atoms with van der Waals surface area (Å²) in [4.78, 5) is 18.9. The molecular weight excluding hydrogens is 358 g/mol. The zero-order valence-corrected chi connectivity index (χ0v) is 16.3. The number of rotatable bonds is 5. The maximum absolute atomic E-state index is 12.9. The second-order valence-electron chi connectivity index (χ2n) is 7.80. The van der Waals surface area contributed by atoms with Crippen molar-refractivity contribution in [3.63, 3.8) is 0 Å². The highest BCUT2D eigenvalue weighted by atomic mass is 16.5. The van der Waals surface area contributed by atoms with Crippen LogP contribution in [0.2, 0.25) is 0 Å². The van der Waals surface area contributed by atoms with Gasteiger partial charge < -0.3 is 24.0 Å². The monoisotopic (exact) mass is 385 g/mol. The molecule has 1 aromatic heterocycles. The number of hydrogen-bond acceptors (Lipinski definition) is 5. The molecule has 2 heterocycles. The minimum absolute atomic E-state index is 0.0460. The van der Waals surface area contributed by atoms with E-state index in [1.54, 1.807) is 26.7 Å². The maximum atomic E-state index is 12.9. The molecular formula is C21H27N3O4. The Morgan fingerprint density at radius 1 is 1.18 bits per heavy atom. The largest absolute Gasteiger partial charge is 0.493 e. The minimum atomic E-state index is -0.392. The van der Waals surface area contributed by atoms with E-state index >= 15 is 0 Å². The van der Waals surface area contributed by atoms with Gasteiger partial charge in [-0.05, 0) is 42.4 Å². The molecule has 0 radical (unpaired) electrons. The van der Waals surface area contributed by atoms with Crippen molar-refractivity contribution < 1.29 is 19.4 Å². The third-order valence-corrected chi connectivity index (χ3v) is 6.17. The summed E-state index contributed by atoms with van der Waals surface area (Å²) in [5, 5.41) is 10.6. The van der Waals surface area contributed by atoms with E-state index < -0.39 is 6.10 Å². The fraction of sp³-hybridized carbons (Fsp3) is 0.524. The molecule has 1 aromatic carbocycles. The van der Waals surface area contributed by atoms with E-state index in [0.717, 1.165) is 31.5 Å². The Kier molecular flexibility index (Phi) is 5.26. The quantitative estimate of drug-likeness (QED) is 0.851. The van der Waals surface area contributed by atoms with E-state index in [0.29, 0.717) is 29.8 Å². The number of amides is 1. The Morgan fingerprint density at radius 2 is 1.93 bits per heavy atom. The van der Waals surface area contributed by atoms with Crippen molar-refractivity contribution in [2.24, 2.45) is 11.8 Å². The first-order valence-corrected chi connectivity index (χ1v) is 9.73. The smallest absolute Gasteiger partial charge is 0.227 e. The van der Waals surface area contributed by atoms with E-state index in [4.69, 9.17) is 9.47 Å². The molecule has 150 valence electrons. The predicted molar refractivity (Wildman–Crippen MR) is 103 cm³/mol. The molecule has 1 amide bonds. The van der Waals surface area contributed by atoms with Crippen molar-refractivity contribution in [1.29, 1.82) is 0 Å². The van der Waals surface area contributed by atoms with Crippen molar-refractivity contribution >= 4 is 5.91 Å². The lowest BCUT2D eigenvalue weighted by molar-refractivity contribution is -0.129. The minimum Gasteiger partial charge on any atom is -0.493 e. The van der Waals surface area contributed by atoms with Crippen LogP contribution in [0, 0.1) is 11.8 Å². The standard InChI is InChI=1S/C21H27N3O4/c1-27-19-4-3-14(7-20(19)28-2)8-21(26)24-11-15-9-17(23-6-5-22-13-23)18(25)10-16(15)12-24/h3-7,13,15-18,25H,8-12H2,1-2H3/t15-,16+,17-,18-/m1/s1. The molecule has 1 aliphatic heterocycles. The zero-order valence-electron chi connectivity index (χ0n) is 16.3. The predicted octanol–water partition coefficient (Wildman–Crippen LogP) is 1.91. The normalized spacial score (nSPS) is 26.8. The molecule has 2 aliphatic rings. The molecule has 7 heteroatoms. The molecule has 1 saturated heterocycles. The number of aliphatic hydroxyl groups is 1. The van der Waals surface area contributed by atoms with Crippen molar-refractivity contribution in [2.75, 3.05) is 27.3 Å². The van der Waals surface area contributed by atoms with E-state index in [9.17, 15) is 9.90 Å². The number of aliphatic hydroxyl groups excluding tert-OH is 1. The second-order valence-corrected chi connectivity index (χ2v) is 7.80. The average molecular weight is 385 g/mol. The number of nitrogens with zero attached hydrogens (tertiary/aromatic N) is 3. The molecule has 28 heavy (non-hydrogen) atoms. The summed E-state index contributed by atoms with van der Waals surface area (Å²) in [6.45, 7) is 1.49. The first kappa shape index (κ1) is 18.8. The number of likely N-dealkylation sites (tertiary alicyclic amines) is 1. The molecule has 0 bridgehead atoms. The number of methoxy groups -OCH3 is 2. The highest BCUT2D eigenvalue weighted by molar-refractivity contribution is 5.79. The highest BCUT2D eigenvalue weighted by Crippen LogP contribution is 2.41. The van der Waals surface area contributed by atoms with Gasteiger partial charge in [-0.3, -0.25) is 4.79 Å². The highest BCUT2D eigenvalue weighted by Gasteiger charge is 2.43. The molecule has 4 atom stereocenters. The molecule has 2 fully saturated rings. The third-order valence-electron chi connectivity index (χ3n) is 6.17. The van der Waals surface area contributed by atoms with Crippen molar-refractivity contribution in [3.05, 3.63) is 42.5 Å².